The number of benzene rings is 1. The molecule has 0 radical (unpaired) electrons. The maximum absolute atomic E-state index is 12.9. The van der Waals surface area contributed by atoms with Crippen LogP contribution in [0.4, 0.5) is 9.80 Å². The Balaban J connectivity index is 1.35. The maximum atomic E-state index is 12.9. The van der Waals surface area contributed by atoms with Crippen molar-refractivity contribution in [2.24, 2.45) is 5.73 Å². The summed E-state index contributed by atoms with van der Waals surface area (Å²) in [6.07, 6.45) is 0.357. The van der Waals surface area contributed by atoms with Gasteiger partial charge in [-0.25, -0.2) is 4.79 Å². The molecule has 10 heteroatoms. The van der Waals surface area contributed by atoms with E-state index in [0.29, 0.717) is 45.7 Å². The van der Waals surface area contributed by atoms with Crippen LogP contribution in [0.1, 0.15) is 61.6 Å². The Bertz CT molecular complexity index is 1120. The molecule has 0 saturated carbocycles. The summed E-state index contributed by atoms with van der Waals surface area (Å²) < 4.78 is 22.3. The van der Waals surface area contributed by atoms with Gasteiger partial charge in [0.2, 0.25) is 5.91 Å². The summed E-state index contributed by atoms with van der Waals surface area (Å²) in [5.41, 5.74) is 9.20. The molecule has 37 heavy (non-hydrogen) atoms. The highest BCUT2D eigenvalue weighted by Crippen LogP contribution is 2.37. The van der Waals surface area contributed by atoms with E-state index in [-0.39, 0.29) is 30.6 Å². The van der Waals surface area contributed by atoms with Crippen molar-refractivity contribution in [3.63, 3.8) is 0 Å². The second kappa shape index (κ2) is 11.8. The summed E-state index contributed by atoms with van der Waals surface area (Å²) in [5, 5.41) is 3.84. The van der Waals surface area contributed by atoms with Gasteiger partial charge < -0.3 is 34.9 Å². The molecule has 9 nitrogen and oxygen atoms in total. The maximum Gasteiger partial charge on any atom is 0.410 e. The number of nitrogens with two attached hydrogens (primary N) is 1. The minimum atomic E-state index is -0.654. The molecule has 0 spiro atoms. The van der Waals surface area contributed by atoms with Gasteiger partial charge in [-0.1, -0.05) is 19.1 Å². The number of amides is 2. The molecule has 0 bridgehead atoms. The van der Waals surface area contributed by atoms with E-state index in [1.165, 1.54) is 11.3 Å². The van der Waals surface area contributed by atoms with Crippen LogP contribution < -0.4 is 15.8 Å². The van der Waals surface area contributed by atoms with Gasteiger partial charge >= 0.3 is 6.09 Å². The average molecular weight is 532 g/mol. The normalized spacial score (nSPS) is 19.3. The minimum Gasteiger partial charge on any atom is -0.494 e. The van der Waals surface area contributed by atoms with Gasteiger partial charge in [0.05, 0.1) is 24.8 Å². The van der Waals surface area contributed by atoms with Crippen LogP contribution in [-0.4, -0.2) is 55.2 Å². The third-order valence-electron chi connectivity index (χ3n) is 6.57. The van der Waals surface area contributed by atoms with Gasteiger partial charge in [-0.15, -0.1) is 11.3 Å². The number of carbonyl (C=O) groups is 2. The van der Waals surface area contributed by atoms with Crippen molar-refractivity contribution in [3.8, 4) is 5.75 Å². The molecule has 2 aliphatic rings. The SMILES string of the molecule is CCOc1cccc(C(C)CC(=O)Nc2sc3c(c2CN)CCN(C(=O)OCC2COC(C)(C)O2)C3)c1. The van der Waals surface area contributed by atoms with Gasteiger partial charge in [0, 0.05) is 30.0 Å². The quantitative estimate of drug-likeness (QED) is 0.494. The second-order valence-corrected chi connectivity index (χ2v) is 11.0. The van der Waals surface area contributed by atoms with E-state index in [1.807, 2.05) is 52.0 Å². The number of hydrogen-bond donors (Lipinski definition) is 2. The summed E-state index contributed by atoms with van der Waals surface area (Å²) in [4.78, 5) is 28.3. The zero-order valence-corrected chi connectivity index (χ0v) is 22.8. The van der Waals surface area contributed by atoms with E-state index in [9.17, 15) is 9.59 Å². The summed E-state index contributed by atoms with van der Waals surface area (Å²) >= 11 is 1.49. The molecule has 202 valence electrons. The van der Waals surface area contributed by atoms with Gasteiger partial charge in [0.15, 0.2) is 5.79 Å². The van der Waals surface area contributed by atoms with Gasteiger partial charge in [-0.05, 0) is 56.4 Å². The number of nitrogens with one attached hydrogen (secondary N) is 1. The molecule has 2 aliphatic heterocycles. The fourth-order valence-corrected chi connectivity index (χ4v) is 6.00. The highest BCUT2D eigenvalue weighted by Gasteiger charge is 2.34. The van der Waals surface area contributed by atoms with Crippen LogP contribution in [0.25, 0.3) is 0 Å². The molecule has 1 aromatic carbocycles. The van der Waals surface area contributed by atoms with Crippen molar-refractivity contribution in [2.75, 3.05) is 31.7 Å². The van der Waals surface area contributed by atoms with Crippen LogP contribution in [0.3, 0.4) is 0 Å². The molecular weight excluding hydrogens is 494 g/mol. The standard InChI is InChI=1S/C27H37N3O6S/c1-5-33-19-8-6-7-18(12-19)17(2)11-24(31)29-25-22(13-28)21-9-10-30(14-23(21)37-25)26(32)34-15-20-16-35-27(3,4)36-20/h6-8,12,17,20H,5,9-11,13-16,28H2,1-4H3,(H,29,31). The summed E-state index contributed by atoms with van der Waals surface area (Å²) in [6.45, 7) is 10.1. The second-order valence-electron chi connectivity index (χ2n) is 9.87. The Labute approximate surface area is 222 Å². The van der Waals surface area contributed by atoms with E-state index >= 15 is 0 Å². The van der Waals surface area contributed by atoms with Crippen LogP contribution in [0.2, 0.25) is 0 Å². The monoisotopic (exact) mass is 531 g/mol. The molecule has 1 fully saturated rings. The van der Waals surface area contributed by atoms with Gasteiger partial charge in [0.25, 0.3) is 0 Å². The first-order chi connectivity index (χ1) is 17.7. The highest BCUT2D eigenvalue weighted by atomic mass is 32.1. The fourth-order valence-electron chi connectivity index (χ4n) is 4.69. The van der Waals surface area contributed by atoms with E-state index in [4.69, 9.17) is 24.7 Å². The van der Waals surface area contributed by atoms with E-state index in [1.54, 1.807) is 4.90 Å². The zero-order chi connectivity index (χ0) is 26.6. The van der Waals surface area contributed by atoms with Crippen LogP contribution >= 0.6 is 11.3 Å². The van der Waals surface area contributed by atoms with Gasteiger partial charge in [0.1, 0.15) is 18.5 Å². The Morgan fingerprint density at radius 2 is 2.16 bits per heavy atom. The molecule has 1 aromatic heterocycles. The summed E-state index contributed by atoms with van der Waals surface area (Å²) in [6, 6.07) is 7.86. The number of hydrogen-bond acceptors (Lipinski definition) is 8. The van der Waals surface area contributed by atoms with E-state index < -0.39 is 5.79 Å². The summed E-state index contributed by atoms with van der Waals surface area (Å²) in [5.74, 6) is 0.111. The lowest BCUT2D eigenvalue weighted by Gasteiger charge is -2.27. The molecule has 3 N–H and O–H groups in total. The molecule has 4 rings (SSSR count). The number of nitrogens with zero attached hydrogens (tertiary/aromatic N) is 1. The predicted molar refractivity (Wildman–Crippen MR) is 142 cm³/mol. The molecule has 2 unspecified atom stereocenters. The lowest BCUT2D eigenvalue weighted by Crippen LogP contribution is -2.37. The van der Waals surface area contributed by atoms with Gasteiger partial charge in [-0.3, -0.25) is 4.79 Å². The van der Waals surface area contributed by atoms with Crippen LogP contribution in [0, 0.1) is 0 Å². The average Bonchev–Trinajstić information content (AvgIpc) is 3.40. The van der Waals surface area contributed by atoms with E-state index in [2.05, 4.69) is 5.32 Å². The molecule has 3 heterocycles. The Hall–Kier alpha value is -2.66. The summed E-state index contributed by atoms with van der Waals surface area (Å²) in [7, 11) is 0. The first-order valence-electron chi connectivity index (χ1n) is 12.8. The molecular formula is C27H37N3O6S. The number of rotatable bonds is 9. The lowest BCUT2D eigenvalue weighted by atomic mass is 9.97. The number of anilines is 1. The first kappa shape index (κ1) is 27.4. The molecule has 1 saturated heterocycles. The zero-order valence-electron chi connectivity index (χ0n) is 22.0. The van der Waals surface area contributed by atoms with E-state index in [0.717, 1.165) is 32.3 Å². The molecule has 0 aliphatic carbocycles. The van der Waals surface area contributed by atoms with Crippen LogP contribution in [-0.2, 0) is 38.5 Å². The minimum absolute atomic E-state index is 0.0291. The number of ether oxygens (including phenoxy) is 4. The first-order valence-corrected chi connectivity index (χ1v) is 13.6. The highest BCUT2D eigenvalue weighted by molar-refractivity contribution is 7.16. The van der Waals surface area contributed by atoms with Crippen molar-refractivity contribution < 1.29 is 28.5 Å². The fraction of sp³-hybridized carbons (Fsp3) is 0.556. The molecule has 2 amide bonds. The van der Waals surface area contributed by atoms with Crippen molar-refractivity contribution in [1.82, 2.24) is 4.90 Å². The third kappa shape index (κ3) is 6.81. The molecule has 2 atom stereocenters. The Morgan fingerprint density at radius 1 is 1.35 bits per heavy atom. The largest absolute Gasteiger partial charge is 0.494 e. The Kier molecular flexibility index (Phi) is 8.74. The van der Waals surface area contributed by atoms with Gasteiger partial charge in [-0.2, -0.15) is 0 Å². The number of thiophene rings is 1. The van der Waals surface area contributed by atoms with Crippen LogP contribution in [0.15, 0.2) is 24.3 Å². The van der Waals surface area contributed by atoms with Crippen molar-refractivity contribution in [3.05, 3.63) is 45.8 Å². The number of carbonyl (C=O) groups excluding carboxylic acids is 2. The Morgan fingerprint density at radius 3 is 2.86 bits per heavy atom. The van der Waals surface area contributed by atoms with Crippen molar-refractivity contribution in [2.45, 2.75) is 71.4 Å². The topological polar surface area (TPSA) is 112 Å². The number of fused-ring (bicyclic) bond motifs is 1. The third-order valence-corrected chi connectivity index (χ3v) is 7.75. The predicted octanol–water partition coefficient (Wildman–Crippen LogP) is 4.38. The smallest absolute Gasteiger partial charge is 0.410 e. The van der Waals surface area contributed by atoms with Crippen LogP contribution in [0.5, 0.6) is 5.75 Å². The lowest BCUT2D eigenvalue weighted by molar-refractivity contribution is -0.143. The molecule has 2 aromatic rings. The van der Waals surface area contributed by atoms with Crippen molar-refractivity contribution >= 4 is 28.3 Å². The van der Waals surface area contributed by atoms with Crippen molar-refractivity contribution in [1.29, 1.82) is 0 Å².